The molecule has 0 saturated heterocycles. The Kier molecular flexibility index (Phi) is 5.92. The summed E-state index contributed by atoms with van der Waals surface area (Å²) in [4.78, 5) is 26.9. The summed E-state index contributed by atoms with van der Waals surface area (Å²) in [6, 6.07) is 1.69. The van der Waals surface area contributed by atoms with Crippen molar-refractivity contribution in [3.05, 3.63) is 22.9 Å². The van der Waals surface area contributed by atoms with Crippen LogP contribution >= 0.6 is 0 Å². The predicted molar refractivity (Wildman–Crippen MR) is 74.0 cm³/mol. The van der Waals surface area contributed by atoms with E-state index in [9.17, 15) is 14.7 Å². The van der Waals surface area contributed by atoms with Gasteiger partial charge in [0.15, 0.2) is 0 Å². The van der Waals surface area contributed by atoms with Gasteiger partial charge in [0.1, 0.15) is 11.4 Å². The molecule has 20 heavy (non-hydrogen) atoms. The summed E-state index contributed by atoms with van der Waals surface area (Å²) in [5.41, 5.74) is 1.38. The molecule has 7 nitrogen and oxygen atoms in total. The molecule has 0 unspecified atom stereocenters. The first kappa shape index (κ1) is 15.9. The van der Waals surface area contributed by atoms with Gasteiger partial charge in [0.05, 0.1) is 13.2 Å². The number of ether oxygens (including phenoxy) is 1. The third kappa shape index (κ3) is 4.51. The first-order chi connectivity index (χ1) is 9.45. The molecule has 0 atom stereocenters. The van der Waals surface area contributed by atoms with Crippen molar-refractivity contribution >= 4 is 17.7 Å². The molecule has 1 aromatic heterocycles. The van der Waals surface area contributed by atoms with E-state index in [0.29, 0.717) is 24.4 Å². The van der Waals surface area contributed by atoms with Crippen LogP contribution in [-0.4, -0.2) is 48.8 Å². The Hall–Kier alpha value is -2.15. The Balaban J connectivity index is 2.72. The number of pyridine rings is 1. The van der Waals surface area contributed by atoms with Crippen LogP contribution in [0.15, 0.2) is 6.07 Å². The minimum Gasteiger partial charge on any atom is -0.478 e. The summed E-state index contributed by atoms with van der Waals surface area (Å²) in [5.74, 6) is -1.12. The maximum atomic E-state index is 11.5. The van der Waals surface area contributed by atoms with Crippen LogP contribution in [0.4, 0.5) is 5.82 Å². The molecule has 0 aromatic carbocycles. The molecular weight excluding hydrogens is 262 g/mol. The number of carbonyl (C=O) groups excluding carboxylic acids is 1. The van der Waals surface area contributed by atoms with Crippen LogP contribution in [0, 0.1) is 13.8 Å². The van der Waals surface area contributed by atoms with E-state index < -0.39 is 5.97 Å². The van der Waals surface area contributed by atoms with Gasteiger partial charge in [0.25, 0.3) is 0 Å². The van der Waals surface area contributed by atoms with E-state index in [4.69, 9.17) is 4.74 Å². The molecule has 0 aliphatic heterocycles. The normalized spacial score (nSPS) is 10.2. The number of rotatable bonds is 7. The van der Waals surface area contributed by atoms with Crippen molar-refractivity contribution in [3.8, 4) is 0 Å². The number of carboxylic acids is 1. The van der Waals surface area contributed by atoms with Gasteiger partial charge in [-0.25, -0.2) is 9.78 Å². The van der Waals surface area contributed by atoms with Crippen molar-refractivity contribution in [3.63, 3.8) is 0 Å². The van der Waals surface area contributed by atoms with E-state index in [1.165, 1.54) is 0 Å². The molecule has 0 fully saturated rings. The Bertz CT molecular complexity index is 503. The molecule has 0 saturated carbocycles. The van der Waals surface area contributed by atoms with E-state index in [0.717, 1.165) is 0 Å². The van der Waals surface area contributed by atoms with Crippen LogP contribution in [0.3, 0.4) is 0 Å². The van der Waals surface area contributed by atoms with Crippen molar-refractivity contribution in [2.24, 2.45) is 0 Å². The Labute approximate surface area is 117 Å². The zero-order chi connectivity index (χ0) is 15.1. The van der Waals surface area contributed by atoms with Crippen molar-refractivity contribution in [2.75, 3.05) is 32.1 Å². The van der Waals surface area contributed by atoms with Gasteiger partial charge in [-0.3, -0.25) is 4.79 Å². The van der Waals surface area contributed by atoms with Crippen molar-refractivity contribution in [2.45, 2.75) is 13.8 Å². The van der Waals surface area contributed by atoms with Gasteiger partial charge in [-0.1, -0.05) is 0 Å². The topological polar surface area (TPSA) is 101 Å². The van der Waals surface area contributed by atoms with E-state index >= 15 is 0 Å². The second-order valence-electron chi connectivity index (χ2n) is 4.31. The van der Waals surface area contributed by atoms with Crippen molar-refractivity contribution in [1.29, 1.82) is 0 Å². The highest BCUT2D eigenvalue weighted by molar-refractivity contribution is 5.95. The third-order valence-electron chi connectivity index (χ3n) is 2.60. The molecule has 1 amide bonds. The number of nitrogens with zero attached hydrogens (tertiary/aromatic N) is 1. The molecule has 0 aliphatic carbocycles. The Morgan fingerprint density at radius 2 is 2.10 bits per heavy atom. The fourth-order valence-corrected chi connectivity index (χ4v) is 1.75. The fraction of sp³-hybridized carbons (Fsp3) is 0.462. The number of carboxylic acid groups (broad SMARTS) is 1. The van der Waals surface area contributed by atoms with Crippen LogP contribution in [0.2, 0.25) is 0 Å². The number of aryl methyl sites for hydroxylation is 2. The van der Waals surface area contributed by atoms with Crippen molar-refractivity contribution in [1.82, 2.24) is 10.3 Å². The lowest BCUT2D eigenvalue weighted by Gasteiger charge is -2.12. The standard InChI is InChI=1S/C13H19N3O4/c1-8-6-9(2)16-12(11(8)13(18)19)15-7-10(17)14-4-5-20-3/h6H,4-5,7H2,1-3H3,(H,14,17)(H,15,16)(H,18,19). The number of hydrogen-bond donors (Lipinski definition) is 3. The largest absolute Gasteiger partial charge is 0.478 e. The smallest absolute Gasteiger partial charge is 0.339 e. The number of anilines is 1. The number of hydrogen-bond acceptors (Lipinski definition) is 5. The molecule has 1 aromatic rings. The van der Waals surface area contributed by atoms with Gasteiger partial charge in [-0.2, -0.15) is 0 Å². The number of methoxy groups -OCH3 is 1. The van der Waals surface area contributed by atoms with Crippen molar-refractivity contribution < 1.29 is 19.4 Å². The van der Waals surface area contributed by atoms with Gasteiger partial charge < -0.3 is 20.5 Å². The van der Waals surface area contributed by atoms with Crippen LogP contribution in [0.5, 0.6) is 0 Å². The molecule has 0 bridgehead atoms. The van der Waals surface area contributed by atoms with Crippen LogP contribution < -0.4 is 10.6 Å². The number of amides is 1. The van der Waals surface area contributed by atoms with Gasteiger partial charge in [0, 0.05) is 19.3 Å². The monoisotopic (exact) mass is 281 g/mol. The summed E-state index contributed by atoms with van der Waals surface area (Å²) >= 11 is 0. The van der Waals surface area contributed by atoms with Crippen LogP contribution in [0.25, 0.3) is 0 Å². The average molecular weight is 281 g/mol. The van der Waals surface area contributed by atoms with E-state index in [2.05, 4.69) is 15.6 Å². The first-order valence-electron chi connectivity index (χ1n) is 6.16. The molecular formula is C13H19N3O4. The molecule has 0 aliphatic rings. The maximum Gasteiger partial charge on any atom is 0.339 e. The second-order valence-corrected chi connectivity index (χ2v) is 4.31. The van der Waals surface area contributed by atoms with Gasteiger partial charge in [-0.05, 0) is 25.5 Å². The summed E-state index contributed by atoms with van der Waals surface area (Å²) in [6.07, 6.45) is 0. The highest BCUT2D eigenvalue weighted by Gasteiger charge is 2.16. The average Bonchev–Trinajstić information content (AvgIpc) is 2.35. The highest BCUT2D eigenvalue weighted by Crippen LogP contribution is 2.18. The zero-order valence-corrected chi connectivity index (χ0v) is 11.8. The SMILES string of the molecule is COCCNC(=O)CNc1nc(C)cc(C)c1C(=O)O. The molecule has 1 heterocycles. The summed E-state index contributed by atoms with van der Waals surface area (Å²) < 4.78 is 4.81. The van der Waals surface area contributed by atoms with E-state index in [1.807, 2.05) is 0 Å². The molecule has 0 radical (unpaired) electrons. The van der Waals surface area contributed by atoms with Crippen LogP contribution in [0.1, 0.15) is 21.6 Å². The lowest BCUT2D eigenvalue weighted by molar-refractivity contribution is -0.119. The lowest BCUT2D eigenvalue weighted by Crippen LogP contribution is -2.32. The number of nitrogens with one attached hydrogen (secondary N) is 2. The Morgan fingerprint density at radius 3 is 2.70 bits per heavy atom. The highest BCUT2D eigenvalue weighted by atomic mass is 16.5. The fourth-order valence-electron chi connectivity index (χ4n) is 1.75. The molecule has 1 rings (SSSR count). The van der Waals surface area contributed by atoms with E-state index in [-0.39, 0.29) is 23.8 Å². The first-order valence-corrected chi connectivity index (χ1v) is 6.16. The molecule has 7 heteroatoms. The number of aromatic carboxylic acids is 1. The van der Waals surface area contributed by atoms with Gasteiger partial charge >= 0.3 is 5.97 Å². The summed E-state index contributed by atoms with van der Waals surface area (Å²) in [6.45, 7) is 4.25. The van der Waals surface area contributed by atoms with E-state index in [1.54, 1.807) is 27.0 Å². The minimum absolute atomic E-state index is 0.0418. The van der Waals surface area contributed by atoms with Crippen LogP contribution in [-0.2, 0) is 9.53 Å². The van der Waals surface area contributed by atoms with Gasteiger partial charge in [0.2, 0.25) is 5.91 Å². The summed E-state index contributed by atoms with van der Waals surface area (Å²) in [5, 5.41) is 14.6. The Morgan fingerprint density at radius 1 is 1.40 bits per heavy atom. The zero-order valence-electron chi connectivity index (χ0n) is 11.8. The maximum absolute atomic E-state index is 11.5. The number of aromatic nitrogens is 1. The molecule has 3 N–H and O–H groups in total. The lowest BCUT2D eigenvalue weighted by atomic mass is 10.1. The minimum atomic E-state index is -1.07. The predicted octanol–water partition coefficient (Wildman–Crippen LogP) is 0.571. The number of carbonyl (C=O) groups is 2. The second kappa shape index (κ2) is 7.44. The molecule has 0 spiro atoms. The van der Waals surface area contributed by atoms with Gasteiger partial charge in [-0.15, -0.1) is 0 Å². The molecule has 110 valence electrons. The third-order valence-corrected chi connectivity index (χ3v) is 2.60. The summed E-state index contributed by atoms with van der Waals surface area (Å²) in [7, 11) is 1.54. The quantitative estimate of drug-likeness (QED) is 0.632.